The van der Waals surface area contributed by atoms with Gasteiger partial charge in [0, 0.05) is 28.0 Å². The van der Waals surface area contributed by atoms with E-state index in [0.717, 1.165) is 11.3 Å². The molecule has 37 heavy (non-hydrogen) atoms. The van der Waals surface area contributed by atoms with Gasteiger partial charge in [-0.25, -0.2) is 0 Å². The lowest BCUT2D eigenvalue weighted by atomic mass is 10.1. The zero-order valence-corrected chi connectivity index (χ0v) is 22.4. The topological polar surface area (TPSA) is 103 Å². The van der Waals surface area contributed by atoms with E-state index in [4.69, 9.17) is 11.6 Å². The first-order valence-corrected chi connectivity index (χ1v) is 13.0. The molecular weight excluding hydrogens is 510 g/mol. The third-order valence-corrected chi connectivity index (χ3v) is 7.30. The summed E-state index contributed by atoms with van der Waals surface area (Å²) in [6.07, 6.45) is 0. The van der Waals surface area contributed by atoms with Gasteiger partial charge in [0.25, 0.3) is 11.6 Å². The van der Waals surface area contributed by atoms with Gasteiger partial charge in [0.2, 0.25) is 0 Å². The number of thioether (sulfide) groups is 1. The van der Waals surface area contributed by atoms with Crippen LogP contribution >= 0.6 is 23.4 Å². The second-order valence-electron chi connectivity index (χ2n) is 8.78. The lowest BCUT2D eigenvalue weighted by Crippen LogP contribution is -2.28. The smallest absolute Gasteiger partial charge is 0.273 e. The van der Waals surface area contributed by atoms with Crippen LogP contribution in [0.5, 0.6) is 0 Å². The summed E-state index contributed by atoms with van der Waals surface area (Å²) in [6, 6.07) is 17.6. The zero-order chi connectivity index (χ0) is 26.7. The minimum atomic E-state index is -0.549. The van der Waals surface area contributed by atoms with Crippen LogP contribution in [-0.4, -0.2) is 25.6 Å². The Morgan fingerprint density at radius 2 is 1.78 bits per heavy atom. The maximum absolute atomic E-state index is 13.0. The van der Waals surface area contributed by atoms with E-state index in [1.165, 1.54) is 17.2 Å². The highest BCUT2D eigenvalue weighted by Crippen LogP contribution is 2.31. The van der Waals surface area contributed by atoms with E-state index in [1.54, 1.807) is 37.7 Å². The van der Waals surface area contributed by atoms with Crippen molar-refractivity contribution in [1.82, 2.24) is 20.1 Å². The summed E-state index contributed by atoms with van der Waals surface area (Å²) >= 11 is 7.89. The number of nitrogens with one attached hydrogen (secondary N) is 1. The summed E-state index contributed by atoms with van der Waals surface area (Å²) in [7, 11) is 0. The van der Waals surface area contributed by atoms with Crippen LogP contribution in [0.3, 0.4) is 0 Å². The molecule has 0 aliphatic rings. The number of carbonyl (C=O) groups is 1. The molecule has 0 aliphatic heterocycles. The Bertz CT molecular complexity index is 1490. The summed E-state index contributed by atoms with van der Waals surface area (Å²) in [5.41, 5.74) is 4.74. The molecule has 1 amide bonds. The van der Waals surface area contributed by atoms with Crippen LogP contribution in [0, 0.1) is 30.9 Å². The SMILES string of the molecule is Cc1ccccc1CSc1nnc(C(C)NC(=O)c2ccc(C)c([N+](=O)[O-])c2)n1-c1cc(Cl)ccc1C. The minimum Gasteiger partial charge on any atom is -0.342 e. The number of carbonyl (C=O) groups excluding carboxylic acids is 1. The van der Waals surface area contributed by atoms with Gasteiger partial charge >= 0.3 is 0 Å². The lowest BCUT2D eigenvalue weighted by Gasteiger charge is -2.18. The van der Waals surface area contributed by atoms with Gasteiger partial charge < -0.3 is 5.32 Å². The van der Waals surface area contributed by atoms with Gasteiger partial charge in [0.15, 0.2) is 11.0 Å². The number of amides is 1. The van der Waals surface area contributed by atoms with Gasteiger partial charge in [-0.3, -0.25) is 19.5 Å². The first kappa shape index (κ1) is 26.4. The Morgan fingerprint density at radius 3 is 2.51 bits per heavy atom. The average Bonchev–Trinajstić information content (AvgIpc) is 3.29. The minimum absolute atomic E-state index is 0.104. The number of hydrogen-bond donors (Lipinski definition) is 1. The van der Waals surface area contributed by atoms with Crippen molar-refractivity contribution in [3.8, 4) is 5.69 Å². The normalized spacial score (nSPS) is 11.8. The largest absolute Gasteiger partial charge is 0.342 e. The first-order chi connectivity index (χ1) is 17.7. The summed E-state index contributed by atoms with van der Waals surface area (Å²) in [5.74, 6) is 0.771. The van der Waals surface area contributed by atoms with E-state index in [2.05, 4.69) is 34.6 Å². The number of rotatable bonds is 8. The van der Waals surface area contributed by atoms with Gasteiger partial charge in [-0.15, -0.1) is 10.2 Å². The zero-order valence-electron chi connectivity index (χ0n) is 20.9. The average molecular weight is 536 g/mol. The summed E-state index contributed by atoms with van der Waals surface area (Å²) < 4.78 is 1.91. The van der Waals surface area contributed by atoms with Crippen LogP contribution in [0.25, 0.3) is 5.69 Å². The van der Waals surface area contributed by atoms with Crippen LogP contribution in [0.4, 0.5) is 5.69 Å². The second-order valence-corrected chi connectivity index (χ2v) is 10.2. The van der Waals surface area contributed by atoms with E-state index in [9.17, 15) is 14.9 Å². The molecule has 3 aromatic carbocycles. The third-order valence-electron chi connectivity index (χ3n) is 6.09. The van der Waals surface area contributed by atoms with Crippen molar-refractivity contribution in [2.24, 2.45) is 0 Å². The standard InChI is InChI=1S/C27H26ClN5O3S/c1-16-7-5-6-8-21(16)15-37-27-31-30-25(32(27)23-14-22(28)12-10-17(23)2)19(4)29-26(34)20-11-9-18(3)24(13-20)33(35)36/h5-14,19H,15H2,1-4H3,(H,29,34). The third kappa shape index (κ3) is 5.84. The molecule has 0 spiro atoms. The van der Waals surface area contributed by atoms with E-state index in [-0.39, 0.29) is 11.3 Å². The molecule has 190 valence electrons. The van der Waals surface area contributed by atoms with Crippen molar-refractivity contribution < 1.29 is 9.72 Å². The van der Waals surface area contributed by atoms with Crippen LogP contribution < -0.4 is 5.32 Å². The Morgan fingerprint density at radius 1 is 1.05 bits per heavy atom. The molecule has 0 radical (unpaired) electrons. The van der Waals surface area contributed by atoms with Crippen molar-refractivity contribution in [1.29, 1.82) is 0 Å². The molecule has 4 rings (SSSR count). The number of aryl methyl sites for hydroxylation is 3. The predicted octanol–water partition coefficient (Wildman–Crippen LogP) is 6.54. The van der Waals surface area contributed by atoms with Crippen LogP contribution in [0.2, 0.25) is 5.02 Å². The van der Waals surface area contributed by atoms with Crippen molar-refractivity contribution >= 4 is 35.0 Å². The van der Waals surface area contributed by atoms with Gasteiger partial charge in [-0.05, 0) is 62.6 Å². The summed E-state index contributed by atoms with van der Waals surface area (Å²) in [6.45, 7) is 7.48. The molecule has 10 heteroatoms. The van der Waals surface area contributed by atoms with Crippen molar-refractivity contribution in [2.45, 2.75) is 44.6 Å². The number of hydrogen-bond acceptors (Lipinski definition) is 6. The van der Waals surface area contributed by atoms with E-state index < -0.39 is 16.9 Å². The van der Waals surface area contributed by atoms with Gasteiger partial charge in [-0.2, -0.15) is 0 Å². The Labute approximate surface area is 224 Å². The molecule has 0 saturated heterocycles. The van der Waals surface area contributed by atoms with Crippen LogP contribution in [0.1, 0.15) is 51.4 Å². The molecule has 4 aromatic rings. The highest BCUT2D eigenvalue weighted by molar-refractivity contribution is 7.98. The second kappa shape index (κ2) is 11.1. The van der Waals surface area contributed by atoms with E-state index in [1.807, 2.05) is 41.8 Å². The molecule has 1 heterocycles. The number of nitrogens with zero attached hydrogens (tertiary/aromatic N) is 4. The number of halogens is 1. The van der Waals surface area contributed by atoms with Crippen molar-refractivity contribution in [3.05, 3.63) is 109 Å². The fraction of sp³-hybridized carbons (Fsp3) is 0.222. The molecule has 0 saturated carbocycles. The molecule has 0 aliphatic carbocycles. The number of aromatic nitrogens is 3. The highest BCUT2D eigenvalue weighted by Gasteiger charge is 2.24. The summed E-state index contributed by atoms with van der Waals surface area (Å²) in [5, 5.41) is 24.4. The number of nitro benzene ring substituents is 1. The molecule has 1 atom stereocenters. The maximum Gasteiger partial charge on any atom is 0.273 e. The molecule has 0 bridgehead atoms. The maximum atomic E-state index is 13.0. The quantitative estimate of drug-likeness (QED) is 0.156. The molecule has 8 nitrogen and oxygen atoms in total. The van der Waals surface area contributed by atoms with Crippen LogP contribution in [0.15, 0.2) is 65.8 Å². The predicted molar refractivity (Wildman–Crippen MR) is 146 cm³/mol. The van der Waals surface area contributed by atoms with E-state index >= 15 is 0 Å². The molecule has 1 unspecified atom stereocenters. The van der Waals surface area contributed by atoms with Gasteiger partial charge in [0.05, 0.1) is 16.7 Å². The molecule has 0 fully saturated rings. The summed E-state index contributed by atoms with van der Waals surface area (Å²) in [4.78, 5) is 23.9. The monoisotopic (exact) mass is 535 g/mol. The fourth-order valence-corrected chi connectivity index (χ4v) is 5.11. The van der Waals surface area contributed by atoms with Crippen LogP contribution in [-0.2, 0) is 5.75 Å². The highest BCUT2D eigenvalue weighted by atomic mass is 35.5. The number of nitro groups is 1. The molecule has 1 N–H and O–H groups in total. The fourth-order valence-electron chi connectivity index (χ4n) is 3.91. The first-order valence-electron chi connectivity index (χ1n) is 11.6. The van der Waals surface area contributed by atoms with Gasteiger partial charge in [0.1, 0.15) is 0 Å². The molecular formula is C27H26ClN5O3S. The van der Waals surface area contributed by atoms with Gasteiger partial charge in [-0.1, -0.05) is 59.8 Å². The Kier molecular flexibility index (Phi) is 7.94. The lowest BCUT2D eigenvalue weighted by molar-refractivity contribution is -0.385. The van der Waals surface area contributed by atoms with E-state index in [0.29, 0.717) is 27.3 Å². The van der Waals surface area contributed by atoms with Crippen molar-refractivity contribution in [3.63, 3.8) is 0 Å². The Hall–Kier alpha value is -3.69. The molecule has 1 aromatic heterocycles. The number of benzene rings is 3. The Balaban J connectivity index is 1.68. The van der Waals surface area contributed by atoms with Crippen molar-refractivity contribution in [2.75, 3.05) is 0 Å².